The number of aryl methyl sites for hydroxylation is 1. The molecule has 0 aliphatic heterocycles. The molecule has 0 aliphatic carbocycles. The second kappa shape index (κ2) is 5.61. The van der Waals surface area contributed by atoms with Gasteiger partial charge in [0.05, 0.1) is 0 Å². The lowest BCUT2D eigenvalue weighted by Crippen LogP contribution is -2.29. The van der Waals surface area contributed by atoms with E-state index in [9.17, 15) is 4.39 Å². The summed E-state index contributed by atoms with van der Waals surface area (Å²) in [7, 11) is 0. The SMILES string of the molecule is Cc1cc(F)ccc1C(CCC(C)(C)C)NN. The molecule has 0 fully saturated rings. The Hall–Kier alpha value is -0.930. The highest BCUT2D eigenvalue weighted by molar-refractivity contribution is 5.29. The molecular formula is C14H23FN2. The minimum Gasteiger partial charge on any atom is -0.271 e. The number of hydrogen-bond donors (Lipinski definition) is 2. The van der Waals surface area contributed by atoms with E-state index in [2.05, 4.69) is 26.2 Å². The Morgan fingerprint density at radius 3 is 2.47 bits per heavy atom. The van der Waals surface area contributed by atoms with Gasteiger partial charge in [0.25, 0.3) is 0 Å². The molecule has 0 spiro atoms. The molecule has 0 saturated heterocycles. The average molecular weight is 238 g/mol. The minimum atomic E-state index is -0.196. The zero-order chi connectivity index (χ0) is 13.1. The van der Waals surface area contributed by atoms with Crippen molar-refractivity contribution in [3.05, 3.63) is 35.1 Å². The normalized spacial score (nSPS) is 13.8. The lowest BCUT2D eigenvalue weighted by atomic mass is 9.86. The molecule has 3 heteroatoms. The maximum atomic E-state index is 13.0. The number of nitrogens with two attached hydrogens (primary N) is 1. The fraction of sp³-hybridized carbons (Fsp3) is 0.571. The Labute approximate surface area is 103 Å². The van der Waals surface area contributed by atoms with E-state index < -0.39 is 0 Å². The van der Waals surface area contributed by atoms with E-state index in [1.165, 1.54) is 6.07 Å². The number of hydrazine groups is 1. The maximum Gasteiger partial charge on any atom is 0.123 e. The predicted octanol–water partition coefficient (Wildman–Crippen LogP) is 3.46. The molecule has 1 atom stereocenters. The first-order valence-corrected chi connectivity index (χ1v) is 6.05. The van der Waals surface area contributed by atoms with Gasteiger partial charge in [-0.1, -0.05) is 26.8 Å². The Kier molecular flexibility index (Phi) is 4.66. The van der Waals surface area contributed by atoms with E-state index in [1.807, 2.05) is 13.0 Å². The van der Waals surface area contributed by atoms with Crippen molar-refractivity contribution >= 4 is 0 Å². The van der Waals surface area contributed by atoms with E-state index in [-0.39, 0.29) is 17.3 Å². The van der Waals surface area contributed by atoms with Gasteiger partial charge in [-0.25, -0.2) is 4.39 Å². The Balaban J connectivity index is 2.79. The van der Waals surface area contributed by atoms with Gasteiger partial charge in [0, 0.05) is 6.04 Å². The van der Waals surface area contributed by atoms with Crippen molar-refractivity contribution in [2.75, 3.05) is 0 Å². The Morgan fingerprint density at radius 2 is 2.00 bits per heavy atom. The number of nitrogens with one attached hydrogen (secondary N) is 1. The van der Waals surface area contributed by atoms with Crippen LogP contribution in [0.2, 0.25) is 0 Å². The fourth-order valence-electron chi connectivity index (χ4n) is 1.94. The standard InChI is InChI=1S/C14H23FN2/c1-10-9-11(15)5-6-12(10)13(17-16)7-8-14(2,3)4/h5-6,9,13,17H,7-8,16H2,1-4H3. The van der Waals surface area contributed by atoms with Crippen molar-refractivity contribution in [2.24, 2.45) is 11.3 Å². The van der Waals surface area contributed by atoms with Gasteiger partial charge in [-0.15, -0.1) is 0 Å². The maximum absolute atomic E-state index is 13.0. The van der Waals surface area contributed by atoms with Crippen LogP contribution >= 0.6 is 0 Å². The number of benzene rings is 1. The highest BCUT2D eigenvalue weighted by Gasteiger charge is 2.17. The Bertz CT molecular complexity index is 369. The van der Waals surface area contributed by atoms with E-state index >= 15 is 0 Å². The summed E-state index contributed by atoms with van der Waals surface area (Å²) in [6.07, 6.45) is 2.02. The van der Waals surface area contributed by atoms with Crippen LogP contribution in [0, 0.1) is 18.2 Å². The van der Waals surface area contributed by atoms with Gasteiger partial charge in [0.15, 0.2) is 0 Å². The summed E-state index contributed by atoms with van der Waals surface area (Å²) in [5.74, 6) is 5.40. The molecular weight excluding hydrogens is 215 g/mol. The summed E-state index contributed by atoms with van der Waals surface area (Å²) in [4.78, 5) is 0. The molecule has 1 rings (SSSR count). The molecule has 1 unspecified atom stereocenters. The first kappa shape index (κ1) is 14.1. The average Bonchev–Trinajstić information content (AvgIpc) is 2.19. The quantitative estimate of drug-likeness (QED) is 0.622. The van der Waals surface area contributed by atoms with Gasteiger partial charge in [0.1, 0.15) is 5.82 Å². The van der Waals surface area contributed by atoms with Gasteiger partial charge in [-0.3, -0.25) is 11.3 Å². The number of hydrogen-bond acceptors (Lipinski definition) is 2. The molecule has 96 valence electrons. The van der Waals surface area contributed by atoms with Crippen molar-refractivity contribution < 1.29 is 4.39 Å². The molecule has 1 aromatic carbocycles. The van der Waals surface area contributed by atoms with Gasteiger partial charge in [0.2, 0.25) is 0 Å². The van der Waals surface area contributed by atoms with Gasteiger partial charge in [-0.05, 0) is 48.4 Å². The third-order valence-electron chi connectivity index (χ3n) is 2.99. The van der Waals surface area contributed by atoms with Crippen molar-refractivity contribution in [3.8, 4) is 0 Å². The fourth-order valence-corrected chi connectivity index (χ4v) is 1.94. The molecule has 17 heavy (non-hydrogen) atoms. The zero-order valence-corrected chi connectivity index (χ0v) is 11.2. The molecule has 0 radical (unpaired) electrons. The molecule has 2 nitrogen and oxygen atoms in total. The van der Waals surface area contributed by atoms with E-state index in [4.69, 9.17) is 5.84 Å². The lowest BCUT2D eigenvalue weighted by Gasteiger charge is -2.24. The van der Waals surface area contributed by atoms with Crippen molar-refractivity contribution in [2.45, 2.75) is 46.6 Å². The summed E-state index contributed by atoms with van der Waals surface area (Å²) in [6, 6.07) is 4.95. The summed E-state index contributed by atoms with van der Waals surface area (Å²) >= 11 is 0. The Morgan fingerprint density at radius 1 is 1.35 bits per heavy atom. The van der Waals surface area contributed by atoms with Crippen LogP contribution in [-0.2, 0) is 0 Å². The highest BCUT2D eigenvalue weighted by Crippen LogP contribution is 2.28. The van der Waals surface area contributed by atoms with Crippen LogP contribution in [0.25, 0.3) is 0 Å². The monoisotopic (exact) mass is 238 g/mol. The van der Waals surface area contributed by atoms with Crippen LogP contribution in [0.15, 0.2) is 18.2 Å². The highest BCUT2D eigenvalue weighted by atomic mass is 19.1. The van der Waals surface area contributed by atoms with Crippen LogP contribution in [0.1, 0.15) is 50.8 Å². The summed E-state index contributed by atoms with van der Waals surface area (Å²) < 4.78 is 13.0. The number of rotatable bonds is 4. The molecule has 0 saturated carbocycles. The second-order valence-corrected chi connectivity index (χ2v) is 5.82. The molecule has 3 N–H and O–H groups in total. The lowest BCUT2D eigenvalue weighted by molar-refractivity contribution is 0.333. The van der Waals surface area contributed by atoms with Gasteiger partial charge in [-0.2, -0.15) is 0 Å². The molecule has 0 bridgehead atoms. The van der Waals surface area contributed by atoms with Crippen LogP contribution in [0.4, 0.5) is 4.39 Å². The molecule has 0 aliphatic rings. The van der Waals surface area contributed by atoms with Crippen LogP contribution in [-0.4, -0.2) is 0 Å². The van der Waals surface area contributed by atoms with E-state index in [0.717, 1.165) is 24.0 Å². The second-order valence-electron chi connectivity index (χ2n) is 5.82. The van der Waals surface area contributed by atoms with Crippen molar-refractivity contribution in [3.63, 3.8) is 0 Å². The van der Waals surface area contributed by atoms with E-state index in [0.29, 0.717) is 0 Å². The third-order valence-corrected chi connectivity index (χ3v) is 2.99. The van der Waals surface area contributed by atoms with Crippen molar-refractivity contribution in [1.82, 2.24) is 5.43 Å². The van der Waals surface area contributed by atoms with Gasteiger partial charge >= 0.3 is 0 Å². The topological polar surface area (TPSA) is 38.0 Å². The smallest absolute Gasteiger partial charge is 0.123 e. The molecule has 0 heterocycles. The summed E-state index contributed by atoms with van der Waals surface area (Å²) in [5, 5.41) is 0. The minimum absolute atomic E-state index is 0.0924. The summed E-state index contributed by atoms with van der Waals surface area (Å²) in [6.45, 7) is 8.54. The van der Waals surface area contributed by atoms with Crippen LogP contribution in [0.3, 0.4) is 0 Å². The van der Waals surface area contributed by atoms with Gasteiger partial charge < -0.3 is 0 Å². The van der Waals surface area contributed by atoms with Crippen molar-refractivity contribution in [1.29, 1.82) is 0 Å². The molecule has 0 aromatic heterocycles. The predicted molar refractivity (Wildman–Crippen MR) is 69.9 cm³/mol. The molecule has 0 amide bonds. The third kappa shape index (κ3) is 4.44. The van der Waals surface area contributed by atoms with Crippen LogP contribution in [0.5, 0.6) is 0 Å². The first-order chi connectivity index (χ1) is 7.83. The molecule has 1 aromatic rings. The van der Waals surface area contributed by atoms with Crippen LogP contribution < -0.4 is 11.3 Å². The largest absolute Gasteiger partial charge is 0.271 e. The van der Waals surface area contributed by atoms with E-state index in [1.54, 1.807) is 6.07 Å². The number of halogens is 1. The summed E-state index contributed by atoms with van der Waals surface area (Å²) in [5.41, 5.74) is 5.14. The zero-order valence-electron chi connectivity index (χ0n) is 11.2. The first-order valence-electron chi connectivity index (χ1n) is 6.05.